The molecule has 1 aliphatic heterocycles. The lowest BCUT2D eigenvalue weighted by atomic mass is 10.1. The van der Waals surface area contributed by atoms with Crippen molar-refractivity contribution < 1.29 is 9.21 Å². The summed E-state index contributed by atoms with van der Waals surface area (Å²) >= 11 is 0. The number of carbonyl (C=O) groups is 1. The molecule has 1 aromatic heterocycles. The van der Waals surface area contributed by atoms with Crippen LogP contribution in [0.15, 0.2) is 22.6 Å². The third-order valence-corrected chi connectivity index (χ3v) is 3.26. The van der Waals surface area contributed by atoms with Crippen LogP contribution >= 0.6 is 0 Å². The van der Waals surface area contributed by atoms with E-state index in [-0.39, 0.29) is 11.8 Å². The molecule has 1 aliphatic rings. The van der Waals surface area contributed by atoms with Crippen molar-refractivity contribution in [2.45, 2.75) is 6.42 Å². The van der Waals surface area contributed by atoms with Gasteiger partial charge in [-0.3, -0.25) is 4.79 Å². The fraction of sp³-hybridized carbons (Fsp3) is 0.333. The number of oxazole rings is 1. The molecule has 0 spiro atoms. The first kappa shape index (κ1) is 10.9. The number of fused-ring (bicyclic) bond motifs is 1. The van der Waals surface area contributed by atoms with Gasteiger partial charge in [-0.05, 0) is 24.6 Å². The lowest BCUT2D eigenvalue weighted by Gasteiger charge is -2.11. The van der Waals surface area contributed by atoms with Gasteiger partial charge in [0.2, 0.25) is 5.91 Å². The summed E-state index contributed by atoms with van der Waals surface area (Å²) in [6.45, 7) is 1.30. The van der Waals surface area contributed by atoms with Gasteiger partial charge in [0.15, 0.2) is 5.58 Å². The van der Waals surface area contributed by atoms with Crippen LogP contribution in [0.4, 0.5) is 11.7 Å². The van der Waals surface area contributed by atoms with Crippen molar-refractivity contribution in [2.75, 3.05) is 23.7 Å². The van der Waals surface area contributed by atoms with Crippen LogP contribution in [-0.4, -0.2) is 24.0 Å². The Hall–Kier alpha value is -2.24. The maximum absolute atomic E-state index is 11.1. The molecule has 1 atom stereocenters. The van der Waals surface area contributed by atoms with Crippen LogP contribution in [0.5, 0.6) is 0 Å². The van der Waals surface area contributed by atoms with Gasteiger partial charge in [-0.25, -0.2) is 0 Å². The quantitative estimate of drug-likeness (QED) is 0.761. The fourth-order valence-corrected chi connectivity index (χ4v) is 2.23. The molecule has 0 radical (unpaired) electrons. The maximum Gasteiger partial charge on any atom is 0.298 e. The molecule has 1 saturated heterocycles. The summed E-state index contributed by atoms with van der Waals surface area (Å²) in [6, 6.07) is 5.86. The van der Waals surface area contributed by atoms with Crippen LogP contribution in [0.25, 0.3) is 11.1 Å². The molecule has 0 aliphatic carbocycles. The number of nitrogens with two attached hydrogens (primary N) is 2. The third-order valence-electron chi connectivity index (χ3n) is 3.26. The molecule has 2 aromatic rings. The number of hydrogen-bond donors (Lipinski definition) is 2. The number of nitrogen functional groups attached to an aromatic ring is 1. The number of benzene rings is 1. The number of anilines is 2. The first-order chi connectivity index (χ1) is 8.63. The predicted octanol–water partition coefficient (Wildman–Crippen LogP) is 0.722. The average molecular weight is 246 g/mol. The Morgan fingerprint density at radius 3 is 3.06 bits per heavy atom. The van der Waals surface area contributed by atoms with Crippen LogP contribution in [0, 0.1) is 5.92 Å². The lowest BCUT2D eigenvalue weighted by Crippen LogP contribution is -2.27. The van der Waals surface area contributed by atoms with Gasteiger partial charge in [0.05, 0.1) is 5.92 Å². The summed E-state index contributed by atoms with van der Waals surface area (Å²) in [6.07, 6.45) is 0.746. The SMILES string of the molecule is NC(=O)C1CCN(c2nc3cc(N)ccc3o2)C1. The number of hydrogen-bond acceptors (Lipinski definition) is 5. The van der Waals surface area contributed by atoms with Gasteiger partial charge < -0.3 is 20.8 Å². The molecule has 6 nitrogen and oxygen atoms in total. The molecule has 1 unspecified atom stereocenters. The van der Waals surface area contributed by atoms with Crippen LogP contribution < -0.4 is 16.4 Å². The van der Waals surface area contributed by atoms with Crippen LogP contribution in [0.2, 0.25) is 0 Å². The molecular weight excluding hydrogens is 232 g/mol. The Balaban J connectivity index is 1.89. The number of primary amides is 1. The highest BCUT2D eigenvalue weighted by molar-refractivity contribution is 5.79. The van der Waals surface area contributed by atoms with Gasteiger partial charge in [-0.2, -0.15) is 4.98 Å². The minimum atomic E-state index is -0.266. The topological polar surface area (TPSA) is 98.4 Å². The van der Waals surface area contributed by atoms with Gasteiger partial charge in [0.25, 0.3) is 6.01 Å². The zero-order chi connectivity index (χ0) is 12.7. The number of carbonyl (C=O) groups excluding carboxylic acids is 1. The van der Waals surface area contributed by atoms with Gasteiger partial charge >= 0.3 is 0 Å². The molecule has 2 heterocycles. The predicted molar refractivity (Wildman–Crippen MR) is 67.9 cm³/mol. The molecular formula is C12H14N4O2. The third kappa shape index (κ3) is 1.75. The second-order valence-corrected chi connectivity index (χ2v) is 4.56. The standard InChI is InChI=1S/C12H14N4O2/c13-8-1-2-10-9(5-8)15-12(18-10)16-4-3-7(6-16)11(14)17/h1-2,5,7H,3-4,6,13H2,(H2,14,17). The Morgan fingerprint density at radius 2 is 2.33 bits per heavy atom. The van der Waals surface area contributed by atoms with Crippen LogP contribution in [0.3, 0.4) is 0 Å². The van der Waals surface area contributed by atoms with E-state index in [0.29, 0.717) is 23.8 Å². The minimum Gasteiger partial charge on any atom is -0.423 e. The lowest BCUT2D eigenvalue weighted by molar-refractivity contribution is -0.121. The number of amides is 1. The smallest absolute Gasteiger partial charge is 0.298 e. The molecule has 18 heavy (non-hydrogen) atoms. The number of rotatable bonds is 2. The summed E-state index contributed by atoms with van der Waals surface area (Å²) in [4.78, 5) is 17.4. The van der Waals surface area contributed by atoms with E-state index in [2.05, 4.69) is 4.98 Å². The second kappa shape index (κ2) is 3.90. The Kier molecular flexibility index (Phi) is 2.36. The zero-order valence-corrected chi connectivity index (χ0v) is 9.80. The summed E-state index contributed by atoms with van der Waals surface area (Å²) in [5.74, 6) is -0.386. The molecule has 3 rings (SSSR count). The molecule has 4 N–H and O–H groups in total. The number of aromatic nitrogens is 1. The Labute approximate surface area is 104 Å². The molecule has 1 fully saturated rings. The van der Waals surface area contributed by atoms with Crippen molar-refractivity contribution in [1.82, 2.24) is 4.98 Å². The van der Waals surface area contributed by atoms with E-state index in [1.807, 2.05) is 4.90 Å². The monoisotopic (exact) mass is 246 g/mol. The van der Waals surface area contributed by atoms with Gasteiger partial charge in [-0.1, -0.05) is 0 Å². The molecule has 1 aromatic carbocycles. The summed E-state index contributed by atoms with van der Waals surface area (Å²) in [5.41, 5.74) is 13.1. The Morgan fingerprint density at radius 1 is 1.50 bits per heavy atom. The van der Waals surface area contributed by atoms with Crippen LogP contribution in [-0.2, 0) is 4.79 Å². The first-order valence-corrected chi connectivity index (χ1v) is 5.84. The van der Waals surface area contributed by atoms with Crippen molar-refractivity contribution in [3.05, 3.63) is 18.2 Å². The zero-order valence-electron chi connectivity index (χ0n) is 9.80. The molecule has 0 saturated carbocycles. The molecule has 94 valence electrons. The van der Waals surface area contributed by atoms with Crippen molar-refractivity contribution in [3.63, 3.8) is 0 Å². The highest BCUT2D eigenvalue weighted by Gasteiger charge is 2.29. The summed E-state index contributed by atoms with van der Waals surface area (Å²) in [7, 11) is 0. The van der Waals surface area contributed by atoms with E-state index < -0.39 is 0 Å². The largest absolute Gasteiger partial charge is 0.423 e. The van der Waals surface area contributed by atoms with Crippen molar-refractivity contribution in [2.24, 2.45) is 11.7 Å². The van der Waals surface area contributed by atoms with E-state index in [1.165, 1.54) is 0 Å². The molecule has 0 bridgehead atoms. The fourth-order valence-electron chi connectivity index (χ4n) is 2.23. The van der Waals surface area contributed by atoms with E-state index in [9.17, 15) is 4.79 Å². The van der Waals surface area contributed by atoms with Gasteiger partial charge in [0, 0.05) is 18.8 Å². The Bertz CT molecular complexity index is 607. The minimum absolute atomic E-state index is 0.120. The van der Waals surface area contributed by atoms with Crippen LogP contribution in [0.1, 0.15) is 6.42 Å². The van der Waals surface area contributed by atoms with E-state index in [0.717, 1.165) is 18.5 Å². The van der Waals surface area contributed by atoms with Gasteiger partial charge in [-0.15, -0.1) is 0 Å². The van der Waals surface area contributed by atoms with Crippen molar-refractivity contribution in [1.29, 1.82) is 0 Å². The van der Waals surface area contributed by atoms with E-state index >= 15 is 0 Å². The normalized spacial score (nSPS) is 19.6. The van der Waals surface area contributed by atoms with E-state index in [1.54, 1.807) is 18.2 Å². The maximum atomic E-state index is 11.1. The summed E-state index contributed by atoms with van der Waals surface area (Å²) < 4.78 is 5.64. The average Bonchev–Trinajstić information content (AvgIpc) is 2.93. The summed E-state index contributed by atoms with van der Waals surface area (Å²) in [5, 5.41) is 0. The first-order valence-electron chi connectivity index (χ1n) is 5.84. The molecule has 6 heteroatoms. The molecule has 1 amide bonds. The second-order valence-electron chi connectivity index (χ2n) is 4.56. The van der Waals surface area contributed by atoms with Crippen molar-refractivity contribution in [3.8, 4) is 0 Å². The highest BCUT2D eigenvalue weighted by Crippen LogP contribution is 2.27. The van der Waals surface area contributed by atoms with Gasteiger partial charge in [0.1, 0.15) is 5.52 Å². The highest BCUT2D eigenvalue weighted by atomic mass is 16.4. The van der Waals surface area contributed by atoms with Crippen molar-refractivity contribution >= 4 is 28.7 Å². The van der Waals surface area contributed by atoms with E-state index in [4.69, 9.17) is 15.9 Å². The number of nitrogens with zero attached hydrogens (tertiary/aromatic N) is 2.